The van der Waals surface area contributed by atoms with E-state index in [1.54, 1.807) is 0 Å². The fourth-order valence-electron chi connectivity index (χ4n) is 5.17. The first kappa shape index (κ1) is 25.0. The maximum Gasteiger partial charge on any atom is 0.490 e. The number of fused-ring (bicyclic) bond motifs is 2. The highest BCUT2D eigenvalue weighted by atomic mass is 19.4. The maximum atomic E-state index is 13.2. The number of likely N-dealkylation sites (tertiary alicyclic amines) is 2. The van der Waals surface area contributed by atoms with Crippen molar-refractivity contribution in [3.8, 4) is 0 Å². The molecule has 1 aromatic carbocycles. The number of halogens is 3. The lowest BCUT2D eigenvalue weighted by atomic mass is 9.74. The Kier molecular flexibility index (Phi) is 7.30. The number of aliphatic carboxylic acids is 1. The fourth-order valence-corrected chi connectivity index (χ4v) is 5.17. The van der Waals surface area contributed by atoms with Gasteiger partial charge in [-0.05, 0) is 62.5 Å². The molecule has 35 heavy (non-hydrogen) atoms. The summed E-state index contributed by atoms with van der Waals surface area (Å²) in [4.78, 5) is 33.1. The van der Waals surface area contributed by atoms with E-state index in [-0.39, 0.29) is 11.4 Å². The van der Waals surface area contributed by atoms with Crippen LogP contribution in [0, 0.1) is 0 Å². The standard InChI is InChI=1S/C23H28N4O.C2HF3O2/c28-22(26-13-5-6-14-26)27-18-23(20-8-1-2-9-21(20)27)10-15-25(16-11-23)17-19-7-3-4-12-24-19;3-2(4,5)1(6)7/h1-4,7-9,12H,5-6,10-11,13-18H2;(H,6,7). The van der Waals surface area contributed by atoms with Gasteiger partial charge >= 0.3 is 18.2 Å². The Morgan fingerprint density at radius 3 is 2.20 bits per heavy atom. The number of piperidine rings is 1. The number of alkyl halides is 3. The second-order valence-electron chi connectivity index (χ2n) is 9.26. The highest BCUT2D eigenvalue weighted by Crippen LogP contribution is 2.47. The quantitative estimate of drug-likeness (QED) is 0.680. The SMILES string of the molecule is O=C(N1CCCC1)N1CC2(CCN(Cc3ccccn3)CC2)c2ccccc21.O=C(O)C(F)(F)F. The average molecular weight is 491 g/mol. The maximum absolute atomic E-state index is 13.2. The second kappa shape index (κ2) is 10.2. The van der Waals surface area contributed by atoms with Crippen molar-refractivity contribution in [1.29, 1.82) is 0 Å². The molecule has 0 aliphatic carbocycles. The zero-order chi connectivity index (χ0) is 25.1. The Labute approximate surface area is 202 Å². The molecule has 0 saturated carbocycles. The average Bonchev–Trinajstić information content (AvgIpc) is 3.49. The van der Waals surface area contributed by atoms with E-state index in [1.807, 2.05) is 17.2 Å². The number of hydrogen-bond acceptors (Lipinski definition) is 4. The van der Waals surface area contributed by atoms with Gasteiger partial charge in [0.05, 0.1) is 5.69 Å². The van der Waals surface area contributed by atoms with Crippen LogP contribution in [0.15, 0.2) is 48.7 Å². The number of rotatable bonds is 2. The molecule has 2 saturated heterocycles. The normalized spacial score (nSPS) is 19.3. The lowest BCUT2D eigenvalue weighted by Crippen LogP contribution is -2.48. The molecule has 1 aromatic heterocycles. The summed E-state index contributed by atoms with van der Waals surface area (Å²) in [5.41, 5.74) is 3.75. The molecular formula is C25H29F3N4O3. The van der Waals surface area contributed by atoms with E-state index >= 15 is 0 Å². The summed E-state index contributed by atoms with van der Waals surface area (Å²) in [6.45, 7) is 5.66. The van der Waals surface area contributed by atoms with Crippen molar-refractivity contribution < 1.29 is 27.9 Å². The molecule has 2 fully saturated rings. The van der Waals surface area contributed by atoms with Gasteiger partial charge in [-0.15, -0.1) is 0 Å². The van der Waals surface area contributed by atoms with Crippen molar-refractivity contribution in [3.05, 3.63) is 59.9 Å². The summed E-state index contributed by atoms with van der Waals surface area (Å²) >= 11 is 0. The third-order valence-corrected chi connectivity index (χ3v) is 7.00. The van der Waals surface area contributed by atoms with Crippen LogP contribution in [0.4, 0.5) is 23.7 Å². The second-order valence-corrected chi connectivity index (χ2v) is 9.26. The number of hydrogen-bond donors (Lipinski definition) is 1. The highest BCUT2D eigenvalue weighted by molar-refractivity contribution is 5.95. The Bertz CT molecular complexity index is 1030. The zero-order valence-electron chi connectivity index (χ0n) is 19.4. The van der Waals surface area contributed by atoms with Crippen molar-refractivity contribution in [1.82, 2.24) is 14.8 Å². The van der Waals surface area contributed by atoms with Crippen LogP contribution >= 0.6 is 0 Å². The first-order chi connectivity index (χ1) is 16.7. The summed E-state index contributed by atoms with van der Waals surface area (Å²) < 4.78 is 31.7. The Morgan fingerprint density at radius 2 is 1.60 bits per heavy atom. The Morgan fingerprint density at radius 1 is 0.971 bits per heavy atom. The Hall–Kier alpha value is -3.14. The molecule has 7 nitrogen and oxygen atoms in total. The minimum Gasteiger partial charge on any atom is -0.475 e. The van der Waals surface area contributed by atoms with E-state index in [0.29, 0.717) is 0 Å². The number of carbonyl (C=O) groups is 2. The molecule has 188 valence electrons. The number of aromatic nitrogens is 1. The van der Waals surface area contributed by atoms with Gasteiger partial charge in [0.15, 0.2) is 0 Å². The molecule has 2 amide bonds. The number of urea groups is 1. The first-order valence-electron chi connectivity index (χ1n) is 11.8. The molecular weight excluding hydrogens is 461 g/mol. The molecule has 2 aromatic rings. The van der Waals surface area contributed by atoms with Gasteiger partial charge in [-0.2, -0.15) is 13.2 Å². The third kappa shape index (κ3) is 5.58. The number of para-hydroxylation sites is 1. The first-order valence-corrected chi connectivity index (χ1v) is 11.8. The van der Waals surface area contributed by atoms with E-state index in [1.165, 1.54) is 5.56 Å². The van der Waals surface area contributed by atoms with Gasteiger partial charge in [0, 0.05) is 43.5 Å². The van der Waals surface area contributed by atoms with E-state index < -0.39 is 12.1 Å². The summed E-state index contributed by atoms with van der Waals surface area (Å²) in [6.07, 6.45) is 1.25. The van der Waals surface area contributed by atoms with Gasteiger partial charge < -0.3 is 10.0 Å². The van der Waals surface area contributed by atoms with Crippen LogP contribution in [0.25, 0.3) is 0 Å². The van der Waals surface area contributed by atoms with E-state index in [4.69, 9.17) is 9.90 Å². The van der Waals surface area contributed by atoms with Gasteiger partial charge in [-0.25, -0.2) is 9.59 Å². The van der Waals surface area contributed by atoms with Gasteiger partial charge in [0.2, 0.25) is 0 Å². The van der Waals surface area contributed by atoms with Gasteiger partial charge in [0.25, 0.3) is 0 Å². The van der Waals surface area contributed by atoms with Crippen LogP contribution in [0.1, 0.15) is 36.9 Å². The fraction of sp³-hybridized carbons (Fsp3) is 0.480. The van der Waals surface area contributed by atoms with E-state index in [2.05, 4.69) is 51.2 Å². The molecule has 0 bridgehead atoms. The molecule has 3 aliphatic rings. The zero-order valence-corrected chi connectivity index (χ0v) is 19.4. The minimum absolute atomic E-state index is 0.104. The van der Waals surface area contributed by atoms with Crippen LogP contribution in [-0.4, -0.2) is 70.8 Å². The highest BCUT2D eigenvalue weighted by Gasteiger charge is 2.47. The van der Waals surface area contributed by atoms with Crippen molar-refractivity contribution >= 4 is 17.7 Å². The molecule has 3 aliphatic heterocycles. The monoisotopic (exact) mass is 490 g/mol. The molecule has 5 rings (SSSR count). The van der Waals surface area contributed by atoms with Gasteiger partial charge in [0.1, 0.15) is 0 Å². The summed E-state index contributed by atoms with van der Waals surface area (Å²) in [6, 6.07) is 14.9. The predicted octanol–water partition coefficient (Wildman–Crippen LogP) is 4.28. The summed E-state index contributed by atoms with van der Waals surface area (Å²) in [5.74, 6) is -2.76. The topological polar surface area (TPSA) is 77.0 Å². The third-order valence-electron chi connectivity index (χ3n) is 7.00. The molecule has 10 heteroatoms. The molecule has 0 unspecified atom stereocenters. The smallest absolute Gasteiger partial charge is 0.475 e. The number of carbonyl (C=O) groups excluding carboxylic acids is 1. The molecule has 0 atom stereocenters. The van der Waals surface area contributed by atoms with Crippen molar-refractivity contribution in [2.45, 2.75) is 43.8 Å². The molecule has 0 radical (unpaired) electrons. The van der Waals surface area contributed by atoms with Crippen LogP contribution in [-0.2, 0) is 16.8 Å². The van der Waals surface area contributed by atoms with E-state index in [9.17, 15) is 18.0 Å². The molecule has 1 N–H and O–H groups in total. The number of nitrogens with zero attached hydrogens (tertiary/aromatic N) is 4. The lowest BCUT2D eigenvalue weighted by molar-refractivity contribution is -0.192. The van der Waals surface area contributed by atoms with Crippen molar-refractivity contribution in [3.63, 3.8) is 0 Å². The van der Waals surface area contributed by atoms with Crippen molar-refractivity contribution in [2.75, 3.05) is 37.6 Å². The van der Waals surface area contributed by atoms with Gasteiger partial charge in [-0.1, -0.05) is 24.3 Å². The van der Waals surface area contributed by atoms with Crippen LogP contribution in [0.2, 0.25) is 0 Å². The molecule has 1 spiro atoms. The lowest BCUT2D eigenvalue weighted by Gasteiger charge is -2.40. The van der Waals surface area contributed by atoms with Gasteiger partial charge in [-0.3, -0.25) is 14.8 Å². The van der Waals surface area contributed by atoms with Crippen LogP contribution in [0.5, 0.6) is 0 Å². The van der Waals surface area contributed by atoms with Crippen molar-refractivity contribution in [2.24, 2.45) is 0 Å². The number of carboxylic acid groups (broad SMARTS) is 1. The van der Waals surface area contributed by atoms with E-state index in [0.717, 1.165) is 76.3 Å². The summed E-state index contributed by atoms with van der Waals surface area (Å²) in [5, 5.41) is 7.12. The Balaban J connectivity index is 0.000000364. The molecule has 4 heterocycles. The number of benzene rings is 1. The number of amides is 2. The van der Waals surface area contributed by atoms with Crippen LogP contribution in [0.3, 0.4) is 0 Å². The van der Waals surface area contributed by atoms with Crippen LogP contribution < -0.4 is 4.90 Å². The number of anilines is 1. The predicted molar refractivity (Wildman–Crippen MR) is 124 cm³/mol. The number of pyridine rings is 1. The largest absolute Gasteiger partial charge is 0.490 e. The summed E-state index contributed by atoms with van der Waals surface area (Å²) in [7, 11) is 0. The minimum atomic E-state index is -5.08. The number of carboxylic acids is 1.